The molecular formula is C15H16ClNO3. The summed E-state index contributed by atoms with van der Waals surface area (Å²) < 4.78 is 0. The van der Waals surface area contributed by atoms with Crippen LogP contribution in [-0.4, -0.2) is 35.0 Å². The monoisotopic (exact) mass is 293 g/mol. The molecule has 0 heterocycles. The number of carboxylic acid groups (broad SMARTS) is 1. The largest absolute Gasteiger partial charge is 0.480 e. The van der Waals surface area contributed by atoms with Crippen molar-refractivity contribution in [2.24, 2.45) is 5.92 Å². The third-order valence-electron chi connectivity index (χ3n) is 3.08. The van der Waals surface area contributed by atoms with Gasteiger partial charge >= 0.3 is 5.97 Å². The van der Waals surface area contributed by atoms with Crippen LogP contribution in [0.15, 0.2) is 30.3 Å². The van der Waals surface area contributed by atoms with Gasteiger partial charge < -0.3 is 10.0 Å². The summed E-state index contributed by atoms with van der Waals surface area (Å²) >= 11 is 5.86. The number of carboxylic acids is 1. The van der Waals surface area contributed by atoms with Crippen LogP contribution < -0.4 is 0 Å². The van der Waals surface area contributed by atoms with Gasteiger partial charge in [-0.1, -0.05) is 23.7 Å². The Balaban J connectivity index is 2.00. The molecule has 20 heavy (non-hydrogen) atoms. The summed E-state index contributed by atoms with van der Waals surface area (Å²) in [5, 5.41) is 9.45. The van der Waals surface area contributed by atoms with Crippen molar-refractivity contribution >= 4 is 29.6 Å². The van der Waals surface area contributed by atoms with E-state index in [1.807, 2.05) is 6.07 Å². The first-order chi connectivity index (χ1) is 9.54. The van der Waals surface area contributed by atoms with Crippen molar-refractivity contribution in [2.75, 3.05) is 13.1 Å². The Labute approximate surface area is 122 Å². The van der Waals surface area contributed by atoms with Gasteiger partial charge in [0.2, 0.25) is 5.91 Å². The summed E-state index contributed by atoms with van der Waals surface area (Å²) in [6, 6.07) is 7.13. The first-order valence-electron chi connectivity index (χ1n) is 6.49. The average Bonchev–Trinajstić information content (AvgIpc) is 3.19. The lowest BCUT2D eigenvalue weighted by atomic mass is 10.2. The molecule has 0 bridgehead atoms. The third kappa shape index (κ3) is 4.70. The van der Waals surface area contributed by atoms with E-state index in [1.165, 1.54) is 11.0 Å². The summed E-state index contributed by atoms with van der Waals surface area (Å²) in [5.41, 5.74) is 0.813. The quantitative estimate of drug-likeness (QED) is 0.820. The van der Waals surface area contributed by atoms with Crippen molar-refractivity contribution < 1.29 is 14.7 Å². The van der Waals surface area contributed by atoms with Crippen molar-refractivity contribution in [2.45, 2.75) is 12.8 Å². The number of halogens is 1. The van der Waals surface area contributed by atoms with Crippen molar-refractivity contribution in [3.8, 4) is 0 Å². The Hall–Kier alpha value is -1.81. The summed E-state index contributed by atoms with van der Waals surface area (Å²) in [4.78, 5) is 24.2. The van der Waals surface area contributed by atoms with Crippen molar-refractivity contribution in [3.05, 3.63) is 40.9 Å². The fourth-order valence-electron chi connectivity index (χ4n) is 1.89. The number of carbonyl (C=O) groups is 2. The van der Waals surface area contributed by atoms with Crippen molar-refractivity contribution in [1.82, 2.24) is 4.90 Å². The van der Waals surface area contributed by atoms with Crippen molar-refractivity contribution in [3.63, 3.8) is 0 Å². The number of aliphatic carboxylic acids is 1. The van der Waals surface area contributed by atoms with E-state index in [0.29, 0.717) is 17.5 Å². The molecule has 0 radical (unpaired) electrons. The molecule has 106 valence electrons. The fourth-order valence-corrected chi connectivity index (χ4v) is 2.09. The van der Waals surface area contributed by atoms with E-state index in [9.17, 15) is 9.59 Å². The van der Waals surface area contributed by atoms with Crippen LogP contribution in [0.3, 0.4) is 0 Å². The molecule has 1 aliphatic carbocycles. The molecular weight excluding hydrogens is 278 g/mol. The van der Waals surface area contributed by atoms with Crippen LogP contribution in [0.1, 0.15) is 18.4 Å². The van der Waals surface area contributed by atoms with Gasteiger partial charge in [-0.3, -0.25) is 9.59 Å². The Kier molecular flexibility index (Phi) is 4.79. The second kappa shape index (κ2) is 6.57. The molecule has 1 fully saturated rings. The van der Waals surface area contributed by atoms with Gasteiger partial charge in [-0.05, 0) is 42.5 Å². The van der Waals surface area contributed by atoms with E-state index in [0.717, 1.165) is 18.4 Å². The molecule has 1 N–H and O–H groups in total. The highest BCUT2D eigenvalue weighted by molar-refractivity contribution is 6.30. The Bertz CT molecular complexity index is 538. The number of hydrogen-bond acceptors (Lipinski definition) is 2. The zero-order chi connectivity index (χ0) is 14.5. The van der Waals surface area contributed by atoms with Crippen LogP contribution in [0.4, 0.5) is 0 Å². The van der Waals surface area contributed by atoms with Gasteiger partial charge in [0.05, 0.1) is 0 Å². The number of amides is 1. The molecule has 0 atom stereocenters. The van der Waals surface area contributed by atoms with Gasteiger partial charge in [0.1, 0.15) is 6.54 Å². The number of rotatable bonds is 6. The Morgan fingerprint density at radius 1 is 1.40 bits per heavy atom. The lowest BCUT2D eigenvalue weighted by Gasteiger charge is -2.18. The van der Waals surface area contributed by atoms with Crippen LogP contribution in [0.5, 0.6) is 0 Å². The topological polar surface area (TPSA) is 57.6 Å². The second-order valence-corrected chi connectivity index (χ2v) is 5.38. The zero-order valence-corrected chi connectivity index (χ0v) is 11.7. The van der Waals surface area contributed by atoms with E-state index >= 15 is 0 Å². The molecule has 2 rings (SSSR count). The van der Waals surface area contributed by atoms with Crippen LogP contribution >= 0.6 is 11.6 Å². The second-order valence-electron chi connectivity index (χ2n) is 4.94. The predicted octanol–water partition coefficient (Wildman–Crippen LogP) is 2.68. The van der Waals surface area contributed by atoms with Gasteiger partial charge in [-0.2, -0.15) is 0 Å². The normalized spacial score (nSPS) is 14.4. The van der Waals surface area contributed by atoms with Gasteiger partial charge in [0, 0.05) is 17.6 Å². The predicted molar refractivity (Wildman–Crippen MR) is 77.4 cm³/mol. The van der Waals surface area contributed by atoms with E-state index in [4.69, 9.17) is 16.7 Å². The maximum Gasteiger partial charge on any atom is 0.323 e. The van der Waals surface area contributed by atoms with Gasteiger partial charge in [0.25, 0.3) is 0 Å². The highest BCUT2D eigenvalue weighted by Crippen LogP contribution is 2.29. The van der Waals surface area contributed by atoms with E-state index < -0.39 is 5.97 Å². The van der Waals surface area contributed by atoms with Crippen LogP contribution in [0, 0.1) is 5.92 Å². The lowest BCUT2D eigenvalue weighted by molar-refractivity contribution is -0.142. The van der Waals surface area contributed by atoms with Gasteiger partial charge in [-0.25, -0.2) is 0 Å². The lowest BCUT2D eigenvalue weighted by Crippen LogP contribution is -2.36. The van der Waals surface area contributed by atoms with Crippen LogP contribution in [0.2, 0.25) is 5.02 Å². The summed E-state index contributed by atoms with van der Waals surface area (Å²) in [6.07, 6.45) is 5.19. The first-order valence-corrected chi connectivity index (χ1v) is 6.87. The molecule has 5 heteroatoms. The highest BCUT2D eigenvalue weighted by Gasteiger charge is 2.26. The fraction of sp³-hybridized carbons (Fsp3) is 0.333. The highest BCUT2D eigenvalue weighted by atomic mass is 35.5. The van der Waals surface area contributed by atoms with Crippen molar-refractivity contribution in [1.29, 1.82) is 0 Å². The van der Waals surface area contributed by atoms with E-state index in [2.05, 4.69) is 0 Å². The van der Waals surface area contributed by atoms with E-state index in [-0.39, 0.29) is 12.5 Å². The number of nitrogens with zero attached hydrogens (tertiary/aromatic N) is 1. The SMILES string of the molecule is O=C(O)CN(CC1CC1)C(=O)/C=C/c1cccc(Cl)c1. The minimum Gasteiger partial charge on any atom is -0.480 e. The molecule has 1 aromatic carbocycles. The molecule has 4 nitrogen and oxygen atoms in total. The smallest absolute Gasteiger partial charge is 0.323 e. The molecule has 1 aliphatic rings. The Morgan fingerprint density at radius 2 is 2.15 bits per heavy atom. The molecule has 0 spiro atoms. The maximum absolute atomic E-state index is 12.0. The number of carbonyl (C=O) groups excluding carboxylic acids is 1. The Morgan fingerprint density at radius 3 is 2.75 bits per heavy atom. The minimum absolute atomic E-state index is 0.255. The molecule has 1 saturated carbocycles. The molecule has 0 saturated heterocycles. The van der Waals surface area contributed by atoms with E-state index in [1.54, 1.807) is 24.3 Å². The van der Waals surface area contributed by atoms with Gasteiger partial charge in [0.15, 0.2) is 0 Å². The molecule has 1 amide bonds. The molecule has 0 aliphatic heterocycles. The maximum atomic E-state index is 12.0. The first kappa shape index (κ1) is 14.6. The summed E-state index contributed by atoms with van der Waals surface area (Å²) in [5.74, 6) is -0.813. The third-order valence-corrected chi connectivity index (χ3v) is 3.32. The summed E-state index contributed by atoms with van der Waals surface area (Å²) in [6.45, 7) is 0.264. The summed E-state index contributed by atoms with van der Waals surface area (Å²) in [7, 11) is 0. The molecule has 1 aromatic rings. The van der Waals surface area contributed by atoms with Crippen LogP contribution in [0.25, 0.3) is 6.08 Å². The molecule has 0 aromatic heterocycles. The van der Waals surface area contributed by atoms with Gasteiger partial charge in [-0.15, -0.1) is 0 Å². The zero-order valence-electron chi connectivity index (χ0n) is 11.0. The number of benzene rings is 1. The average molecular weight is 294 g/mol. The molecule has 0 unspecified atom stereocenters. The standard InChI is InChI=1S/C15H16ClNO3/c16-13-3-1-2-11(8-13)6-7-14(18)17(10-15(19)20)9-12-4-5-12/h1-3,6-8,12H,4-5,9-10H2,(H,19,20)/b7-6+. The number of hydrogen-bond donors (Lipinski definition) is 1. The minimum atomic E-state index is -0.991. The van der Waals surface area contributed by atoms with Crippen LogP contribution in [-0.2, 0) is 9.59 Å².